The Morgan fingerprint density at radius 2 is 2.17 bits per heavy atom. The van der Waals surface area contributed by atoms with Crippen LogP contribution in [0.5, 0.6) is 0 Å². The van der Waals surface area contributed by atoms with Crippen LogP contribution in [0, 0.1) is 0 Å². The Morgan fingerprint density at radius 1 is 1.25 bits per heavy atom. The third kappa shape index (κ3) is 5.08. The summed E-state index contributed by atoms with van der Waals surface area (Å²) >= 11 is 14.0. The highest BCUT2D eigenvalue weighted by molar-refractivity contribution is 7.09. The highest BCUT2D eigenvalue weighted by atomic mass is 35.5. The number of aromatic nitrogens is 2. The van der Waals surface area contributed by atoms with Gasteiger partial charge in [-0.05, 0) is 42.0 Å². The van der Waals surface area contributed by atoms with E-state index in [2.05, 4.69) is 22.5 Å². The van der Waals surface area contributed by atoms with Crippen molar-refractivity contribution >= 4 is 34.5 Å². The quantitative estimate of drug-likeness (QED) is 0.517. The largest absolute Gasteiger partial charge is 0.372 e. The maximum absolute atomic E-state index is 6.24. The van der Waals surface area contributed by atoms with E-state index < -0.39 is 0 Å². The Labute approximate surface area is 155 Å². The van der Waals surface area contributed by atoms with Crippen LogP contribution in [0.4, 0.5) is 0 Å². The van der Waals surface area contributed by atoms with Gasteiger partial charge in [0.1, 0.15) is 0 Å². The lowest BCUT2D eigenvalue weighted by atomic mass is 10.1. The topological polar surface area (TPSA) is 27.1 Å². The molecule has 0 aliphatic carbocycles. The van der Waals surface area contributed by atoms with Gasteiger partial charge in [-0.1, -0.05) is 35.3 Å². The first-order valence-corrected chi connectivity index (χ1v) is 9.38. The fourth-order valence-corrected chi connectivity index (χ4v) is 3.65. The lowest BCUT2D eigenvalue weighted by Gasteiger charge is -2.19. The number of hydrogen-bond acceptors (Lipinski definition) is 3. The Hall–Kier alpha value is -1.33. The van der Waals surface area contributed by atoms with Crippen LogP contribution in [0.1, 0.15) is 16.9 Å². The summed E-state index contributed by atoms with van der Waals surface area (Å²) in [5.74, 6) is 0. The minimum Gasteiger partial charge on any atom is -0.372 e. The molecule has 0 fully saturated rings. The van der Waals surface area contributed by atoms with Crippen LogP contribution in [-0.2, 0) is 24.3 Å². The molecule has 0 saturated carbocycles. The summed E-state index contributed by atoms with van der Waals surface area (Å²) in [6, 6.07) is 9.74. The monoisotopic (exact) mass is 380 g/mol. The number of nitrogens with zero attached hydrogens (tertiary/aromatic N) is 2. The summed E-state index contributed by atoms with van der Waals surface area (Å²) in [4.78, 5) is 5.47. The van der Waals surface area contributed by atoms with Gasteiger partial charge in [0.15, 0.2) is 0 Å². The van der Waals surface area contributed by atoms with Crippen molar-refractivity contribution in [2.24, 2.45) is 0 Å². The van der Waals surface area contributed by atoms with Gasteiger partial charge in [-0.25, -0.2) is 4.98 Å². The van der Waals surface area contributed by atoms with Gasteiger partial charge in [0.25, 0.3) is 0 Å². The molecule has 0 amide bonds. The number of rotatable bonds is 8. The summed E-state index contributed by atoms with van der Waals surface area (Å²) < 4.78 is 8.19. The second-order valence-corrected chi connectivity index (χ2v) is 7.42. The SMILES string of the molecule is Clc1ccc(COC(CCc2cccs2)Cn2ccnc2)c(Cl)c1. The Morgan fingerprint density at radius 3 is 2.88 bits per heavy atom. The summed E-state index contributed by atoms with van der Waals surface area (Å²) in [7, 11) is 0. The highest BCUT2D eigenvalue weighted by Gasteiger charge is 2.12. The standard InChI is InChI=1S/C18H18Cl2N2OS/c19-15-4-3-14(18(20)10-15)12-23-16(11-22-8-7-21-13-22)5-6-17-2-1-9-24-17/h1-4,7-10,13,16H,5-6,11-12H2. The molecule has 2 aromatic heterocycles. The van der Waals surface area contributed by atoms with Crippen molar-refractivity contribution in [3.8, 4) is 0 Å². The van der Waals surface area contributed by atoms with Crippen molar-refractivity contribution < 1.29 is 4.74 Å². The van der Waals surface area contributed by atoms with Crippen LogP contribution in [0.25, 0.3) is 0 Å². The number of imidazole rings is 1. The fraction of sp³-hybridized carbons (Fsp3) is 0.278. The number of aryl methyl sites for hydroxylation is 1. The molecular formula is C18H18Cl2N2OS. The molecule has 0 aliphatic rings. The van der Waals surface area contributed by atoms with E-state index in [4.69, 9.17) is 27.9 Å². The van der Waals surface area contributed by atoms with Gasteiger partial charge < -0.3 is 9.30 Å². The molecule has 0 aliphatic heterocycles. The Bertz CT molecular complexity index is 744. The molecule has 0 N–H and O–H groups in total. The van der Waals surface area contributed by atoms with Crippen molar-refractivity contribution in [3.63, 3.8) is 0 Å². The zero-order valence-corrected chi connectivity index (χ0v) is 15.4. The molecule has 3 nitrogen and oxygen atoms in total. The molecule has 3 aromatic rings. The van der Waals surface area contributed by atoms with E-state index in [0.717, 1.165) is 24.9 Å². The second-order valence-electron chi connectivity index (χ2n) is 5.55. The molecule has 1 atom stereocenters. The number of benzene rings is 1. The number of halogens is 2. The van der Waals surface area contributed by atoms with Gasteiger partial charge in [-0.3, -0.25) is 0 Å². The average Bonchev–Trinajstić information content (AvgIpc) is 3.25. The van der Waals surface area contributed by atoms with E-state index in [1.165, 1.54) is 4.88 Å². The first kappa shape index (κ1) is 17.5. The third-order valence-corrected chi connectivity index (χ3v) is 5.28. The first-order valence-electron chi connectivity index (χ1n) is 7.74. The molecule has 0 radical (unpaired) electrons. The minimum atomic E-state index is 0.0908. The van der Waals surface area contributed by atoms with Gasteiger partial charge >= 0.3 is 0 Å². The smallest absolute Gasteiger partial charge is 0.0946 e. The third-order valence-electron chi connectivity index (χ3n) is 3.76. The molecule has 0 spiro atoms. The van der Waals surface area contributed by atoms with Crippen LogP contribution in [0.2, 0.25) is 10.0 Å². The van der Waals surface area contributed by atoms with E-state index in [9.17, 15) is 0 Å². The molecule has 0 bridgehead atoms. The number of hydrogen-bond donors (Lipinski definition) is 0. The summed E-state index contributed by atoms with van der Waals surface area (Å²) in [6.45, 7) is 1.25. The lowest BCUT2D eigenvalue weighted by molar-refractivity contribution is 0.0241. The highest BCUT2D eigenvalue weighted by Crippen LogP contribution is 2.23. The normalized spacial score (nSPS) is 12.4. The van der Waals surface area contributed by atoms with Crippen LogP contribution in [-0.4, -0.2) is 15.7 Å². The Kier molecular flexibility index (Phi) is 6.32. The summed E-state index contributed by atoms with van der Waals surface area (Å²) in [5, 5.41) is 3.38. The molecule has 6 heteroatoms. The maximum Gasteiger partial charge on any atom is 0.0946 e. The molecule has 24 heavy (non-hydrogen) atoms. The van der Waals surface area contributed by atoms with Crippen molar-refractivity contribution in [1.82, 2.24) is 9.55 Å². The van der Waals surface area contributed by atoms with E-state index in [0.29, 0.717) is 16.7 Å². The minimum absolute atomic E-state index is 0.0908. The van der Waals surface area contributed by atoms with Gasteiger partial charge in [-0.2, -0.15) is 0 Å². The van der Waals surface area contributed by atoms with Crippen molar-refractivity contribution in [3.05, 3.63) is 74.9 Å². The van der Waals surface area contributed by atoms with Crippen LogP contribution < -0.4 is 0 Å². The van der Waals surface area contributed by atoms with Gasteiger partial charge in [0.2, 0.25) is 0 Å². The number of thiophene rings is 1. The van der Waals surface area contributed by atoms with E-state index in [1.807, 2.05) is 29.2 Å². The molecule has 0 saturated heterocycles. The molecule has 126 valence electrons. The van der Waals surface area contributed by atoms with Crippen LogP contribution in [0.15, 0.2) is 54.4 Å². The molecule has 1 unspecified atom stereocenters. The molecular weight excluding hydrogens is 363 g/mol. The number of ether oxygens (including phenoxy) is 1. The molecule has 3 rings (SSSR count). The van der Waals surface area contributed by atoms with Crippen molar-refractivity contribution in [2.75, 3.05) is 0 Å². The van der Waals surface area contributed by atoms with E-state index >= 15 is 0 Å². The second kappa shape index (κ2) is 8.67. The van der Waals surface area contributed by atoms with E-state index in [1.54, 1.807) is 23.6 Å². The maximum atomic E-state index is 6.24. The predicted octanol–water partition coefficient (Wildman–Crippen LogP) is 5.47. The first-order chi connectivity index (χ1) is 11.7. The lowest BCUT2D eigenvalue weighted by Crippen LogP contribution is -2.20. The van der Waals surface area contributed by atoms with Crippen LogP contribution >= 0.6 is 34.5 Å². The molecule has 2 heterocycles. The zero-order chi connectivity index (χ0) is 16.8. The zero-order valence-electron chi connectivity index (χ0n) is 13.1. The van der Waals surface area contributed by atoms with Gasteiger partial charge in [-0.15, -0.1) is 11.3 Å². The average molecular weight is 381 g/mol. The van der Waals surface area contributed by atoms with Crippen molar-refractivity contribution in [1.29, 1.82) is 0 Å². The molecule has 1 aromatic carbocycles. The van der Waals surface area contributed by atoms with Gasteiger partial charge in [0.05, 0.1) is 19.0 Å². The summed E-state index contributed by atoms with van der Waals surface area (Å²) in [6.07, 6.45) is 7.60. The predicted molar refractivity (Wildman–Crippen MR) is 99.9 cm³/mol. The fourth-order valence-electron chi connectivity index (χ4n) is 2.46. The Balaban J connectivity index is 1.62. The van der Waals surface area contributed by atoms with Gasteiger partial charge in [0, 0.05) is 33.9 Å². The summed E-state index contributed by atoms with van der Waals surface area (Å²) in [5.41, 5.74) is 0.952. The van der Waals surface area contributed by atoms with E-state index in [-0.39, 0.29) is 6.10 Å². The van der Waals surface area contributed by atoms with Crippen molar-refractivity contribution in [2.45, 2.75) is 32.1 Å². The van der Waals surface area contributed by atoms with Crippen LogP contribution in [0.3, 0.4) is 0 Å².